The molecule has 8 nitrogen and oxygen atoms in total. The molecule has 24 heavy (non-hydrogen) atoms. The third kappa shape index (κ3) is 3.31. The summed E-state index contributed by atoms with van der Waals surface area (Å²) in [6.45, 7) is 5.44. The lowest BCUT2D eigenvalue weighted by molar-refractivity contribution is -0.117. The van der Waals surface area contributed by atoms with Crippen molar-refractivity contribution in [2.45, 2.75) is 39.3 Å². The molecule has 3 rings (SSSR count). The number of nitriles is 1. The molecule has 0 spiro atoms. The van der Waals surface area contributed by atoms with Gasteiger partial charge in [-0.3, -0.25) is 19.7 Å². The normalized spacial score (nSPS) is 17.8. The van der Waals surface area contributed by atoms with Crippen LogP contribution in [-0.4, -0.2) is 44.7 Å². The van der Waals surface area contributed by atoms with Crippen LogP contribution in [0.25, 0.3) is 0 Å². The highest BCUT2D eigenvalue weighted by Gasteiger charge is 2.27. The van der Waals surface area contributed by atoms with Crippen molar-refractivity contribution in [2.75, 3.05) is 18.4 Å². The molecule has 2 aromatic heterocycles. The zero-order chi connectivity index (χ0) is 17.1. The molecular weight excluding hydrogens is 308 g/mol. The van der Waals surface area contributed by atoms with Gasteiger partial charge in [0.25, 0.3) is 0 Å². The third-order valence-corrected chi connectivity index (χ3v) is 4.46. The number of rotatable bonds is 5. The lowest BCUT2D eigenvalue weighted by Crippen LogP contribution is -2.39. The summed E-state index contributed by atoms with van der Waals surface area (Å²) in [4.78, 5) is 18.4. The minimum atomic E-state index is -0.175. The van der Waals surface area contributed by atoms with Crippen LogP contribution in [0, 0.1) is 25.2 Å². The highest BCUT2D eigenvalue weighted by atomic mass is 16.4. The Morgan fingerprint density at radius 2 is 2.38 bits per heavy atom. The number of aromatic nitrogens is 3. The number of aryl methyl sites for hydroxylation is 1. The predicted molar refractivity (Wildman–Crippen MR) is 86.1 cm³/mol. The largest absolute Gasteiger partial charge is 0.444 e. The highest BCUT2D eigenvalue weighted by Crippen LogP contribution is 2.25. The lowest BCUT2D eigenvalue weighted by atomic mass is 10.2. The fourth-order valence-corrected chi connectivity index (χ4v) is 3.05. The second-order valence-electron chi connectivity index (χ2n) is 6.03. The van der Waals surface area contributed by atoms with Crippen LogP contribution in [0.4, 0.5) is 5.88 Å². The van der Waals surface area contributed by atoms with E-state index in [-0.39, 0.29) is 24.4 Å². The van der Waals surface area contributed by atoms with E-state index in [4.69, 9.17) is 4.42 Å². The van der Waals surface area contributed by atoms with Crippen LogP contribution in [0.15, 0.2) is 17.1 Å². The maximum Gasteiger partial charge on any atom is 0.240 e. The molecule has 1 unspecified atom stereocenters. The van der Waals surface area contributed by atoms with Gasteiger partial charge in [-0.05, 0) is 33.2 Å². The first-order valence-corrected chi connectivity index (χ1v) is 7.95. The molecule has 1 N–H and O–H groups in total. The molecule has 1 atom stereocenters. The highest BCUT2D eigenvalue weighted by molar-refractivity contribution is 5.92. The summed E-state index contributed by atoms with van der Waals surface area (Å²) in [5, 5.41) is 16.1. The van der Waals surface area contributed by atoms with E-state index in [1.165, 1.54) is 6.33 Å². The van der Waals surface area contributed by atoms with Gasteiger partial charge in [0, 0.05) is 11.6 Å². The average molecular weight is 328 g/mol. The first-order chi connectivity index (χ1) is 11.6. The number of anilines is 1. The van der Waals surface area contributed by atoms with Crippen LogP contribution in [-0.2, 0) is 11.3 Å². The fraction of sp³-hybridized carbons (Fsp3) is 0.500. The summed E-state index contributed by atoms with van der Waals surface area (Å²) in [5.74, 6) is 0.711. The Bertz CT molecular complexity index is 758. The van der Waals surface area contributed by atoms with Gasteiger partial charge in [-0.2, -0.15) is 10.4 Å². The number of hydrogen-bond acceptors (Lipinski definition) is 6. The Morgan fingerprint density at radius 3 is 3.08 bits per heavy atom. The number of carbonyl (C=O) groups is 1. The Balaban J connectivity index is 1.62. The Morgan fingerprint density at radius 1 is 1.54 bits per heavy atom. The first-order valence-electron chi connectivity index (χ1n) is 7.95. The molecule has 1 saturated heterocycles. The van der Waals surface area contributed by atoms with Gasteiger partial charge in [0.1, 0.15) is 30.0 Å². The maximum atomic E-state index is 12.3. The summed E-state index contributed by atoms with van der Waals surface area (Å²) in [6.07, 6.45) is 5.27. The van der Waals surface area contributed by atoms with E-state index < -0.39 is 0 Å². The molecule has 0 radical (unpaired) electrons. The van der Waals surface area contributed by atoms with Crippen molar-refractivity contribution in [1.29, 1.82) is 5.26 Å². The SMILES string of the molecule is Cc1oc(NC(=O)CN2CCCC2Cn2cncn2)c(C#N)c1C. The molecule has 1 fully saturated rings. The fourth-order valence-electron chi connectivity index (χ4n) is 3.05. The first kappa shape index (κ1) is 16.2. The average Bonchev–Trinajstić information content (AvgIpc) is 3.25. The minimum Gasteiger partial charge on any atom is -0.444 e. The zero-order valence-electron chi connectivity index (χ0n) is 13.8. The molecule has 0 saturated carbocycles. The van der Waals surface area contributed by atoms with E-state index in [1.807, 2.05) is 6.92 Å². The molecule has 8 heteroatoms. The van der Waals surface area contributed by atoms with Gasteiger partial charge in [0.05, 0.1) is 13.1 Å². The molecule has 0 bridgehead atoms. The van der Waals surface area contributed by atoms with Gasteiger partial charge in [0.2, 0.25) is 11.8 Å². The van der Waals surface area contributed by atoms with Crippen LogP contribution < -0.4 is 5.32 Å². The molecule has 1 aliphatic rings. The summed E-state index contributed by atoms with van der Waals surface area (Å²) < 4.78 is 7.27. The number of carbonyl (C=O) groups excluding carboxylic acids is 1. The molecule has 0 aromatic carbocycles. The van der Waals surface area contributed by atoms with Crippen molar-refractivity contribution in [3.63, 3.8) is 0 Å². The van der Waals surface area contributed by atoms with Gasteiger partial charge >= 0.3 is 0 Å². The van der Waals surface area contributed by atoms with E-state index in [0.717, 1.165) is 31.5 Å². The van der Waals surface area contributed by atoms with E-state index in [2.05, 4.69) is 26.4 Å². The van der Waals surface area contributed by atoms with Crippen LogP contribution in [0.3, 0.4) is 0 Å². The van der Waals surface area contributed by atoms with E-state index in [1.54, 1.807) is 17.9 Å². The minimum absolute atomic E-state index is 0.175. The smallest absolute Gasteiger partial charge is 0.240 e. The maximum absolute atomic E-state index is 12.3. The second-order valence-corrected chi connectivity index (χ2v) is 6.03. The van der Waals surface area contributed by atoms with E-state index >= 15 is 0 Å². The summed E-state index contributed by atoms with van der Waals surface area (Å²) >= 11 is 0. The quantitative estimate of drug-likeness (QED) is 0.892. The molecule has 2 aromatic rings. The summed E-state index contributed by atoms with van der Waals surface area (Å²) in [5.41, 5.74) is 1.15. The molecule has 126 valence electrons. The van der Waals surface area contributed by atoms with Crippen molar-refractivity contribution >= 4 is 11.8 Å². The van der Waals surface area contributed by atoms with Crippen LogP contribution in [0.2, 0.25) is 0 Å². The lowest BCUT2D eigenvalue weighted by Gasteiger charge is -2.23. The van der Waals surface area contributed by atoms with Crippen LogP contribution in [0.5, 0.6) is 0 Å². The summed E-state index contributed by atoms with van der Waals surface area (Å²) in [6, 6.07) is 2.34. The Hall–Kier alpha value is -2.66. The zero-order valence-corrected chi connectivity index (χ0v) is 13.8. The molecule has 1 amide bonds. The van der Waals surface area contributed by atoms with Crippen LogP contribution in [0.1, 0.15) is 29.7 Å². The van der Waals surface area contributed by atoms with Crippen molar-refractivity contribution in [1.82, 2.24) is 19.7 Å². The number of nitrogens with one attached hydrogen (secondary N) is 1. The van der Waals surface area contributed by atoms with E-state index in [0.29, 0.717) is 11.3 Å². The number of likely N-dealkylation sites (tertiary alicyclic amines) is 1. The van der Waals surface area contributed by atoms with Crippen molar-refractivity contribution in [3.8, 4) is 6.07 Å². The third-order valence-electron chi connectivity index (χ3n) is 4.46. The molecule has 0 aliphatic carbocycles. The van der Waals surface area contributed by atoms with Crippen LogP contribution >= 0.6 is 0 Å². The Labute approximate surface area is 140 Å². The van der Waals surface area contributed by atoms with Crippen molar-refractivity contribution < 1.29 is 9.21 Å². The second kappa shape index (κ2) is 6.84. The molecule has 1 aliphatic heterocycles. The van der Waals surface area contributed by atoms with Gasteiger partial charge in [-0.1, -0.05) is 0 Å². The number of furan rings is 1. The molecular formula is C16H20N6O2. The monoisotopic (exact) mass is 328 g/mol. The van der Waals surface area contributed by atoms with Gasteiger partial charge < -0.3 is 4.42 Å². The van der Waals surface area contributed by atoms with Gasteiger partial charge in [-0.15, -0.1) is 0 Å². The van der Waals surface area contributed by atoms with E-state index in [9.17, 15) is 10.1 Å². The predicted octanol–water partition coefficient (Wildman–Crippen LogP) is 1.46. The van der Waals surface area contributed by atoms with Gasteiger partial charge in [-0.25, -0.2) is 4.98 Å². The molecule has 3 heterocycles. The number of amides is 1. The van der Waals surface area contributed by atoms with Gasteiger partial charge in [0.15, 0.2) is 0 Å². The number of hydrogen-bond donors (Lipinski definition) is 1. The van der Waals surface area contributed by atoms with Crippen molar-refractivity contribution in [2.24, 2.45) is 0 Å². The van der Waals surface area contributed by atoms with Crippen molar-refractivity contribution in [3.05, 3.63) is 29.5 Å². The topological polar surface area (TPSA) is 100.0 Å². The standard InChI is InChI=1S/C16H20N6O2/c1-11-12(2)24-16(14(11)6-17)20-15(23)8-21-5-3-4-13(21)7-22-10-18-9-19-22/h9-10,13H,3-5,7-8H2,1-2H3,(H,20,23). The Kier molecular flexibility index (Phi) is 4.62. The number of nitrogens with zero attached hydrogens (tertiary/aromatic N) is 5. The summed E-state index contributed by atoms with van der Waals surface area (Å²) in [7, 11) is 0.